The third-order valence-corrected chi connectivity index (χ3v) is 5.39. The molecule has 0 unspecified atom stereocenters. The van der Waals surface area contributed by atoms with Crippen molar-refractivity contribution in [3.8, 4) is 0 Å². The lowest BCUT2D eigenvalue weighted by molar-refractivity contribution is 0.0698. The molecule has 0 aliphatic rings. The van der Waals surface area contributed by atoms with Crippen LogP contribution >= 0.6 is 49.9 Å². The number of benzene rings is 1. The summed E-state index contributed by atoms with van der Waals surface area (Å²) < 4.78 is 1.60. The van der Waals surface area contributed by atoms with Gasteiger partial charge in [0, 0.05) is 12.9 Å². The van der Waals surface area contributed by atoms with E-state index in [1.54, 1.807) is 12.1 Å². The number of rotatable bonds is 4. The molecule has 1 aromatic heterocycles. The zero-order chi connectivity index (χ0) is 15.6. The topological polar surface area (TPSA) is 66.4 Å². The van der Waals surface area contributed by atoms with Crippen molar-refractivity contribution in [2.24, 2.45) is 0 Å². The molecule has 0 radical (unpaired) electrons. The van der Waals surface area contributed by atoms with Gasteiger partial charge in [-0.15, -0.1) is 11.3 Å². The molecular formula is C14H11BrINO3S. The van der Waals surface area contributed by atoms with E-state index in [2.05, 4.69) is 43.8 Å². The summed E-state index contributed by atoms with van der Waals surface area (Å²) in [5, 5.41) is 12.3. The first kappa shape index (κ1) is 16.4. The molecule has 110 valence electrons. The van der Waals surface area contributed by atoms with Crippen molar-refractivity contribution in [1.82, 2.24) is 0 Å². The number of aromatic carboxylic acids is 1. The van der Waals surface area contributed by atoms with Crippen LogP contribution in [0.2, 0.25) is 0 Å². The van der Waals surface area contributed by atoms with Crippen molar-refractivity contribution < 1.29 is 14.7 Å². The van der Waals surface area contributed by atoms with Crippen LogP contribution in [0.3, 0.4) is 0 Å². The molecule has 4 nitrogen and oxygen atoms in total. The van der Waals surface area contributed by atoms with Gasteiger partial charge in [-0.1, -0.05) is 22.9 Å². The highest BCUT2D eigenvalue weighted by atomic mass is 127. The lowest BCUT2D eigenvalue weighted by Crippen LogP contribution is -2.14. The fourth-order valence-electron chi connectivity index (χ4n) is 1.71. The van der Waals surface area contributed by atoms with E-state index in [-0.39, 0.29) is 11.5 Å². The molecule has 2 aromatic rings. The van der Waals surface area contributed by atoms with Crippen LogP contribution in [0.4, 0.5) is 5.00 Å². The van der Waals surface area contributed by atoms with Crippen LogP contribution in [0.25, 0.3) is 0 Å². The molecule has 1 amide bonds. The number of carboxylic acid groups (broad SMARTS) is 1. The van der Waals surface area contributed by atoms with Crippen LogP contribution in [-0.4, -0.2) is 17.0 Å². The Balaban J connectivity index is 2.33. The van der Waals surface area contributed by atoms with Gasteiger partial charge in [0.2, 0.25) is 0 Å². The molecule has 0 saturated heterocycles. The molecule has 0 saturated carbocycles. The third kappa shape index (κ3) is 3.83. The van der Waals surface area contributed by atoms with E-state index in [1.165, 1.54) is 11.3 Å². The normalized spacial score (nSPS) is 10.4. The number of carbonyl (C=O) groups is 2. The smallest absolute Gasteiger partial charge is 0.338 e. The number of hydrogen-bond donors (Lipinski definition) is 2. The number of thiophene rings is 1. The van der Waals surface area contributed by atoms with E-state index in [0.717, 1.165) is 19.3 Å². The van der Waals surface area contributed by atoms with Crippen molar-refractivity contribution in [3.63, 3.8) is 0 Å². The van der Waals surface area contributed by atoms with Gasteiger partial charge >= 0.3 is 5.97 Å². The summed E-state index contributed by atoms with van der Waals surface area (Å²) in [5.74, 6) is -1.35. The van der Waals surface area contributed by atoms with E-state index < -0.39 is 5.97 Å². The molecule has 1 heterocycles. The van der Waals surface area contributed by atoms with E-state index in [9.17, 15) is 14.7 Å². The highest BCUT2D eigenvalue weighted by molar-refractivity contribution is 14.1. The van der Waals surface area contributed by atoms with Crippen molar-refractivity contribution in [3.05, 3.63) is 48.3 Å². The first-order chi connectivity index (χ1) is 9.92. The third-order valence-electron chi connectivity index (χ3n) is 2.76. The monoisotopic (exact) mass is 479 g/mol. The van der Waals surface area contributed by atoms with Crippen LogP contribution in [0.5, 0.6) is 0 Å². The molecule has 2 N–H and O–H groups in total. The number of halogens is 2. The Morgan fingerprint density at radius 1 is 1.33 bits per heavy atom. The van der Waals surface area contributed by atoms with Crippen LogP contribution in [0, 0.1) is 3.57 Å². The number of carboxylic acids is 1. The maximum absolute atomic E-state index is 12.3. The summed E-state index contributed by atoms with van der Waals surface area (Å²) in [6, 6.07) is 6.99. The van der Waals surface area contributed by atoms with Gasteiger partial charge < -0.3 is 10.4 Å². The fraction of sp³-hybridized carbons (Fsp3) is 0.143. The van der Waals surface area contributed by atoms with Gasteiger partial charge in [0.1, 0.15) is 5.00 Å². The number of hydrogen-bond acceptors (Lipinski definition) is 3. The van der Waals surface area contributed by atoms with Crippen molar-refractivity contribution in [1.29, 1.82) is 0 Å². The molecule has 2 rings (SSSR count). The summed E-state index contributed by atoms with van der Waals surface area (Å²) in [7, 11) is 0. The van der Waals surface area contributed by atoms with Gasteiger partial charge in [0.05, 0.1) is 11.1 Å². The van der Waals surface area contributed by atoms with E-state index in [0.29, 0.717) is 10.6 Å². The second-order valence-electron chi connectivity index (χ2n) is 4.19. The zero-order valence-corrected chi connectivity index (χ0v) is 15.5. The minimum atomic E-state index is -1.04. The number of anilines is 1. The molecule has 0 fully saturated rings. The van der Waals surface area contributed by atoms with Crippen LogP contribution < -0.4 is 5.32 Å². The first-order valence-electron chi connectivity index (χ1n) is 6.04. The lowest BCUT2D eigenvalue weighted by atomic mass is 10.2. The first-order valence-corrected chi connectivity index (χ1v) is 8.73. The Morgan fingerprint density at radius 2 is 2.05 bits per heavy atom. The summed E-state index contributed by atoms with van der Waals surface area (Å²) in [4.78, 5) is 24.5. The molecule has 0 atom stereocenters. The second-order valence-corrected chi connectivity index (χ2v) is 7.41. The Kier molecular flexibility index (Phi) is 5.39. The Labute approximate surface area is 147 Å². The highest BCUT2D eigenvalue weighted by Crippen LogP contribution is 2.29. The van der Waals surface area contributed by atoms with Gasteiger partial charge in [-0.3, -0.25) is 4.79 Å². The number of nitrogens with one attached hydrogen (secondary N) is 1. The molecular weight excluding hydrogens is 469 g/mol. The summed E-state index contributed by atoms with van der Waals surface area (Å²) in [5.41, 5.74) is 0.642. The average molecular weight is 480 g/mol. The fourth-order valence-corrected chi connectivity index (χ4v) is 3.63. The second kappa shape index (κ2) is 6.89. The average Bonchev–Trinajstić information content (AvgIpc) is 2.84. The van der Waals surface area contributed by atoms with Gasteiger partial charge in [-0.05, 0) is 53.3 Å². The summed E-state index contributed by atoms with van der Waals surface area (Å²) in [6.45, 7) is 1.94. The number of aryl methyl sites for hydroxylation is 1. The molecule has 21 heavy (non-hydrogen) atoms. The summed E-state index contributed by atoms with van der Waals surface area (Å²) >= 11 is 6.70. The number of amides is 1. The van der Waals surface area contributed by atoms with E-state index >= 15 is 0 Å². The molecule has 0 bridgehead atoms. The summed E-state index contributed by atoms with van der Waals surface area (Å²) in [6.07, 6.45) is 0.731. The highest BCUT2D eigenvalue weighted by Gasteiger charge is 2.18. The quantitative estimate of drug-likeness (QED) is 0.628. The minimum Gasteiger partial charge on any atom is -0.478 e. The molecule has 0 aliphatic heterocycles. The maximum Gasteiger partial charge on any atom is 0.338 e. The van der Waals surface area contributed by atoms with Crippen LogP contribution in [-0.2, 0) is 6.42 Å². The molecule has 0 spiro atoms. The largest absolute Gasteiger partial charge is 0.478 e. The SMILES string of the molecule is CCc1cc(C(=O)O)c(NC(=O)c2cc(Br)ccc2I)s1. The maximum atomic E-state index is 12.3. The number of carbonyl (C=O) groups excluding carboxylic acids is 1. The Bertz CT molecular complexity index is 714. The van der Waals surface area contributed by atoms with Gasteiger partial charge in [0.15, 0.2) is 0 Å². The van der Waals surface area contributed by atoms with E-state index in [4.69, 9.17) is 0 Å². The predicted molar refractivity (Wildman–Crippen MR) is 95.5 cm³/mol. The molecule has 7 heteroatoms. The van der Waals surface area contributed by atoms with Crippen molar-refractivity contribution in [2.75, 3.05) is 5.32 Å². The molecule has 0 aliphatic carbocycles. The molecule has 1 aromatic carbocycles. The standard InChI is InChI=1S/C14H11BrINO3S/c1-2-8-6-10(14(19)20)13(21-8)17-12(18)9-5-7(15)3-4-11(9)16/h3-6H,2H2,1H3,(H,17,18)(H,19,20). The van der Waals surface area contributed by atoms with Gasteiger partial charge in [-0.25, -0.2) is 4.79 Å². The van der Waals surface area contributed by atoms with Crippen LogP contribution in [0.15, 0.2) is 28.7 Å². The Hall–Kier alpha value is -0.930. The van der Waals surface area contributed by atoms with Crippen LogP contribution in [0.1, 0.15) is 32.5 Å². The Morgan fingerprint density at radius 3 is 2.67 bits per heavy atom. The minimum absolute atomic E-state index is 0.134. The van der Waals surface area contributed by atoms with Gasteiger partial charge in [0.25, 0.3) is 5.91 Å². The predicted octanol–water partition coefficient (Wildman–Crippen LogP) is 4.63. The lowest BCUT2D eigenvalue weighted by Gasteiger charge is -2.06. The van der Waals surface area contributed by atoms with Crippen molar-refractivity contribution >= 4 is 66.7 Å². The van der Waals surface area contributed by atoms with Crippen molar-refractivity contribution in [2.45, 2.75) is 13.3 Å². The zero-order valence-electron chi connectivity index (χ0n) is 10.9. The van der Waals surface area contributed by atoms with E-state index in [1.807, 2.05) is 19.1 Å². The van der Waals surface area contributed by atoms with Gasteiger partial charge in [-0.2, -0.15) is 0 Å².